The average molecular weight is 456 g/mol. The molecule has 2 aromatic carbocycles. The van der Waals surface area contributed by atoms with Crippen LogP contribution in [0.1, 0.15) is 16.7 Å². The van der Waals surface area contributed by atoms with E-state index in [4.69, 9.17) is 17.0 Å². The van der Waals surface area contributed by atoms with Gasteiger partial charge in [0.25, 0.3) is 11.6 Å². The van der Waals surface area contributed by atoms with E-state index < -0.39 is 4.92 Å². The number of amides is 1. The van der Waals surface area contributed by atoms with E-state index in [9.17, 15) is 14.9 Å². The molecule has 2 saturated heterocycles. The molecule has 31 heavy (non-hydrogen) atoms. The van der Waals surface area contributed by atoms with E-state index >= 15 is 0 Å². The number of nitro benzene ring substituents is 1. The highest BCUT2D eigenvalue weighted by atomic mass is 32.2. The molecule has 160 valence electrons. The first-order valence-electron chi connectivity index (χ1n) is 9.81. The summed E-state index contributed by atoms with van der Waals surface area (Å²) in [6, 6.07) is 10.5. The summed E-state index contributed by atoms with van der Waals surface area (Å²) < 4.78 is 5.86. The molecule has 0 bridgehead atoms. The number of anilines is 2. The number of nitrogens with zero attached hydrogens (tertiary/aromatic N) is 3. The monoisotopic (exact) mass is 455 g/mol. The number of nitro groups is 1. The average Bonchev–Trinajstić information content (AvgIpc) is 3.03. The van der Waals surface area contributed by atoms with E-state index in [-0.39, 0.29) is 11.6 Å². The number of morpholine rings is 1. The Morgan fingerprint density at radius 1 is 1.13 bits per heavy atom. The third kappa shape index (κ3) is 4.34. The zero-order valence-electron chi connectivity index (χ0n) is 17.2. The summed E-state index contributed by atoms with van der Waals surface area (Å²) in [6.45, 7) is 6.55. The molecule has 9 heteroatoms. The van der Waals surface area contributed by atoms with Crippen LogP contribution in [0, 0.1) is 24.0 Å². The van der Waals surface area contributed by atoms with Crippen LogP contribution in [0.3, 0.4) is 0 Å². The third-order valence-electron chi connectivity index (χ3n) is 5.40. The molecular weight excluding hydrogens is 434 g/mol. The van der Waals surface area contributed by atoms with E-state index in [1.807, 2.05) is 32.0 Å². The van der Waals surface area contributed by atoms with Crippen molar-refractivity contribution >= 4 is 57.3 Å². The summed E-state index contributed by atoms with van der Waals surface area (Å²) in [5, 5.41) is 11.3. The lowest BCUT2D eigenvalue weighted by molar-refractivity contribution is -0.384. The van der Waals surface area contributed by atoms with Crippen LogP contribution in [-0.2, 0) is 9.53 Å². The number of thioether (sulfide) groups is 1. The minimum atomic E-state index is -0.430. The van der Waals surface area contributed by atoms with Crippen LogP contribution >= 0.6 is 24.0 Å². The molecule has 2 aliphatic rings. The van der Waals surface area contributed by atoms with Crippen molar-refractivity contribution in [1.29, 1.82) is 0 Å². The van der Waals surface area contributed by atoms with Gasteiger partial charge in [0.15, 0.2) is 4.32 Å². The maximum absolute atomic E-state index is 13.2. The van der Waals surface area contributed by atoms with Crippen LogP contribution < -0.4 is 9.80 Å². The van der Waals surface area contributed by atoms with E-state index in [2.05, 4.69) is 4.90 Å². The van der Waals surface area contributed by atoms with Gasteiger partial charge >= 0.3 is 0 Å². The van der Waals surface area contributed by atoms with Gasteiger partial charge in [0.1, 0.15) is 0 Å². The van der Waals surface area contributed by atoms with Crippen molar-refractivity contribution in [3.63, 3.8) is 0 Å². The number of thiocarbonyl (C=S) groups is 1. The van der Waals surface area contributed by atoms with Crippen LogP contribution in [0.25, 0.3) is 6.08 Å². The summed E-state index contributed by atoms with van der Waals surface area (Å²) in [4.78, 5) is 28.2. The van der Waals surface area contributed by atoms with Gasteiger partial charge in [-0.05, 0) is 49.2 Å². The molecule has 2 heterocycles. The number of carbonyl (C=O) groups excluding carboxylic acids is 1. The number of benzene rings is 2. The lowest BCUT2D eigenvalue weighted by Gasteiger charge is -2.30. The molecule has 0 N–H and O–H groups in total. The topological polar surface area (TPSA) is 75.9 Å². The predicted octanol–water partition coefficient (Wildman–Crippen LogP) is 4.45. The van der Waals surface area contributed by atoms with Crippen LogP contribution in [0.5, 0.6) is 0 Å². The van der Waals surface area contributed by atoms with Crippen LogP contribution in [0.4, 0.5) is 17.1 Å². The Morgan fingerprint density at radius 2 is 1.87 bits per heavy atom. The van der Waals surface area contributed by atoms with Gasteiger partial charge in [0.2, 0.25) is 0 Å². The van der Waals surface area contributed by atoms with Crippen molar-refractivity contribution in [2.45, 2.75) is 13.8 Å². The summed E-state index contributed by atoms with van der Waals surface area (Å²) in [5.74, 6) is -0.224. The van der Waals surface area contributed by atoms with Gasteiger partial charge < -0.3 is 9.64 Å². The number of ether oxygens (including phenoxy) is 1. The molecule has 4 rings (SSSR count). The van der Waals surface area contributed by atoms with Crippen molar-refractivity contribution in [3.8, 4) is 0 Å². The molecule has 1 amide bonds. The molecule has 0 atom stereocenters. The number of carbonyl (C=O) groups is 1. The fourth-order valence-electron chi connectivity index (χ4n) is 3.56. The molecule has 0 spiro atoms. The zero-order valence-corrected chi connectivity index (χ0v) is 18.8. The largest absolute Gasteiger partial charge is 0.378 e. The Kier molecular flexibility index (Phi) is 6.08. The predicted molar refractivity (Wildman–Crippen MR) is 128 cm³/mol. The SMILES string of the molecule is Cc1ccc(N2C(=O)/C(=C/c3cc([N+](=O)[O-])ccc3N3CCOCC3)SC2=S)cc1C. The summed E-state index contributed by atoms with van der Waals surface area (Å²) in [7, 11) is 0. The van der Waals surface area contributed by atoms with Gasteiger partial charge in [-0.25, -0.2) is 0 Å². The Morgan fingerprint density at radius 3 is 2.55 bits per heavy atom. The summed E-state index contributed by atoms with van der Waals surface area (Å²) in [6.07, 6.45) is 1.71. The second-order valence-corrected chi connectivity index (χ2v) is 9.06. The Balaban J connectivity index is 1.72. The molecule has 2 fully saturated rings. The fourth-order valence-corrected chi connectivity index (χ4v) is 4.85. The Bertz CT molecular complexity index is 1110. The highest BCUT2D eigenvalue weighted by Crippen LogP contribution is 2.38. The first-order chi connectivity index (χ1) is 14.8. The van der Waals surface area contributed by atoms with Crippen LogP contribution in [-0.4, -0.2) is 41.5 Å². The summed E-state index contributed by atoms with van der Waals surface area (Å²) >= 11 is 6.69. The van der Waals surface area contributed by atoms with Crippen molar-refractivity contribution in [3.05, 3.63) is 68.1 Å². The van der Waals surface area contributed by atoms with Crippen molar-refractivity contribution in [1.82, 2.24) is 0 Å². The molecule has 2 aromatic rings. The van der Waals surface area contributed by atoms with Gasteiger partial charge in [-0.3, -0.25) is 19.8 Å². The molecule has 0 saturated carbocycles. The number of aryl methyl sites for hydroxylation is 2. The Hall–Kier alpha value is -2.75. The van der Waals surface area contributed by atoms with Gasteiger partial charge in [0.05, 0.1) is 28.7 Å². The first kappa shape index (κ1) is 21.5. The zero-order chi connectivity index (χ0) is 22.1. The van der Waals surface area contributed by atoms with Crippen LogP contribution in [0.15, 0.2) is 41.3 Å². The molecule has 0 unspecified atom stereocenters. The second-order valence-electron chi connectivity index (χ2n) is 7.39. The van der Waals surface area contributed by atoms with E-state index in [0.29, 0.717) is 41.1 Å². The van der Waals surface area contributed by atoms with Gasteiger partial charge in [-0.15, -0.1) is 0 Å². The highest BCUT2D eigenvalue weighted by Gasteiger charge is 2.34. The van der Waals surface area contributed by atoms with Crippen molar-refractivity contribution < 1.29 is 14.5 Å². The lowest BCUT2D eigenvalue weighted by Crippen LogP contribution is -2.36. The number of hydrogen-bond acceptors (Lipinski definition) is 7. The number of rotatable bonds is 4. The quantitative estimate of drug-likeness (QED) is 0.292. The lowest BCUT2D eigenvalue weighted by atomic mass is 10.1. The second kappa shape index (κ2) is 8.78. The molecule has 0 aromatic heterocycles. The minimum Gasteiger partial charge on any atom is -0.378 e. The molecule has 2 aliphatic heterocycles. The normalized spacial score (nSPS) is 18.2. The third-order valence-corrected chi connectivity index (χ3v) is 6.70. The molecular formula is C22H21N3O4S2. The maximum atomic E-state index is 13.2. The molecule has 7 nitrogen and oxygen atoms in total. The Labute approximate surface area is 189 Å². The summed E-state index contributed by atoms with van der Waals surface area (Å²) in [5.41, 5.74) is 4.37. The van der Waals surface area contributed by atoms with Crippen LogP contribution in [0.2, 0.25) is 0 Å². The number of hydrogen-bond donors (Lipinski definition) is 0. The smallest absolute Gasteiger partial charge is 0.270 e. The first-order valence-corrected chi connectivity index (χ1v) is 11.0. The maximum Gasteiger partial charge on any atom is 0.270 e. The standard InChI is InChI=1S/C22H21N3O4S2/c1-14-3-4-17(11-15(14)2)24-21(26)20(31-22(24)30)13-16-12-18(25(27)28)5-6-19(16)23-7-9-29-10-8-23/h3-6,11-13H,7-10H2,1-2H3/b20-13-. The van der Waals surface area contributed by atoms with Crippen molar-refractivity contribution in [2.24, 2.45) is 0 Å². The minimum absolute atomic E-state index is 0.0205. The fraction of sp³-hybridized carbons (Fsp3) is 0.273. The van der Waals surface area contributed by atoms with Gasteiger partial charge in [-0.2, -0.15) is 0 Å². The van der Waals surface area contributed by atoms with Gasteiger partial charge in [0, 0.05) is 36.5 Å². The van der Waals surface area contributed by atoms with Gasteiger partial charge in [-0.1, -0.05) is 30.0 Å². The van der Waals surface area contributed by atoms with Crippen molar-refractivity contribution in [2.75, 3.05) is 36.1 Å². The number of non-ortho nitro benzene ring substituents is 1. The van der Waals surface area contributed by atoms with E-state index in [0.717, 1.165) is 22.5 Å². The van der Waals surface area contributed by atoms with E-state index in [1.54, 1.807) is 12.1 Å². The molecule has 0 radical (unpaired) electrons. The van der Waals surface area contributed by atoms with E-state index in [1.165, 1.54) is 28.8 Å². The highest BCUT2D eigenvalue weighted by molar-refractivity contribution is 8.27. The molecule has 0 aliphatic carbocycles.